The molecule has 0 bridgehead atoms. The van der Waals surface area contributed by atoms with Crippen molar-refractivity contribution < 1.29 is 23.8 Å². The molecule has 2 aromatic carbocycles. The van der Waals surface area contributed by atoms with Gasteiger partial charge in [-0.1, -0.05) is 35.9 Å². The Balaban J connectivity index is 1.34. The molecule has 1 amide bonds. The highest BCUT2D eigenvalue weighted by molar-refractivity contribution is 6.30. The van der Waals surface area contributed by atoms with Gasteiger partial charge in [0, 0.05) is 30.7 Å². The van der Waals surface area contributed by atoms with E-state index in [1.807, 2.05) is 24.3 Å². The van der Waals surface area contributed by atoms with Crippen LogP contribution in [0.15, 0.2) is 48.5 Å². The Morgan fingerprint density at radius 2 is 1.97 bits per heavy atom. The number of β-amino-alcohol motifs (C(OH)–C–C–N with tert-alkyl or cyclic N) is 1. The lowest BCUT2D eigenvalue weighted by Crippen LogP contribution is -2.55. The fourth-order valence-corrected chi connectivity index (χ4v) is 4.84. The topological polar surface area (TPSA) is 71.0 Å². The summed E-state index contributed by atoms with van der Waals surface area (Å²) in [4.78, 5) is 14.7. The number of aliphatic hydroxyl groups excluding tert-OH is 1. The molecular formula is C25H30ClFN2O4. The predicted molar refractivity (Wildman–Crippen MR) is 123 cm³/mol. The molecule has 2 saturated heterocycles. The zero-order chi connectivity index (χ0) is 23.2. The molecule has 2 N–H and O–H groups in total. The number of nitrogens with zero attached hydrogens (tertiary/aromatic N) is 1. The van der Waals surface area contributed by atoms with Gasteiger partial charge >= 0.3 is 0 Å². The zero-order valence-corrected chi connectivity index (χ0v) is 19.2. The smallest absolute Gasteiger partial charge is 0.222 e. The molecule has 2 fully saturated rings. The highest BCUT2D eigenvalue weighted by Gasteiger charge is 2.38. The van der Waals surface area contributed by atoms with Crippen LogP contribution in [-0.2, 0) is 27.4 Å². The fourth-order valence-electron chi connectivity index (χ4n) is 4.62. The number of hydrogen-bond acceptors (Lipinski definition) is 5. The molecule has 0 saturated carbocycles. The van der Waals surface area contributed by atoms with Crippen LogP contribution in [0.25, 0.3) is 0 Å². The van der Waals surface area contributed by atoms with Gasteiger partial charge in [0.1, 0.15) is 5.82 Å². The first-order valence-electron chi connectivity index (χ1n) is 11.4. The van der Waals surface area contributed by atoms with Crippen molar-refractivity contribution in [3.63, 3.8) is 0 Å². The van der Waals surface area contributed by atoms with Crippen LogP contribution in [0.2, 0.25) is 5.02 Å². The summed E-state index contributed by atoms with van der Waals surface area (Å²) in [5.74, 6) is -0.444. The maximum atomic E-state index is 13.3. The lowest BCUT2D eigenvalue weighted by molar-refractivity contribution is -0.158. The van der Waals surface area contributed by atoms with Crippen LogP contribution in [0.5, 0.6) is 0 Å². The summed E-state index contributed by atoms with van der Waals surface area (Å²) in [5.41, 5.74) is 1.80. The number of fused-ring (bicyclic) bond motifs is 1. The van der Waals surface area contributed by atoms with Gasteiger partial charge in [0.25, 0.3) is 0 Å². The first-order valence-corrected chi connectivity index (χ1v) is 11.7. The highest BCUT2D eigenvalue weighted by atomic mass is 35.5. The quantitative estimate of drug-likeness (QED) is 0.669. The van der Waals surface area contributed by atoms with E-state index in [4.69, 9.17) is 21.1 Å². The summed E-state index contributed by atoms with van der Waals surface area (Å²) in [6, 6.07) is 14.0. The number of rotatable bonds is 6. The van der Waals surface area contributed by atoms with Crippen molar-refractivity contribution in [1.82, 2.24) is 10.2 Å². The van der Waals surface area contributed by atoms with Gasteiger partial charge in [-0.2, -0.15) is 0 Å². The van der Waals surface area contributed by atoms with Gasteiger partial charge in [-0.3, -0.25) is 9.69 Å². The van der Waals surface area contributed by atoms with Crippen molar-refractivity contribution in [2.24, 2.45) is 0 Å². The lowest BCUT2D eigenvalue weighted by Gasteiger charge is -2.44. The Kier molecular flexibility index (Phi) is 8.33. The van der Waals surface area contributed by atoms with Crippen LogP contribution in [0, 0.1) is 5.82 Å². The second-order valence-corrected chi connectivity index (χ2v) is 9.24. The van der Waals surface area contributed by atoms with E-state index in [0.29, 0.717) is 24.7 Å². The van der Waals surface area contributed by atoms with Gasteiger partial charge in [-0.05, 0) is 48.2 Å². The number of carbonyl (C=O) groups excluding carboxylic acids is 1. The van der Waals surface area contributed by atoms with Crippen molar-refractivity contribution in [2.45, 2.75) is 56.7 Å². The summed E-state index contributed by atoms with van der Waals surface area (Å²) < 4.78 is 25.3. The minimum atomic E-state index is -0.573. The summed E-state index contributed by atoms with van der Waals surface area (Å²) in [6.45, 7) is 2.03. The molecule has 178 valence electrons. The Morgan fingerprint density at radius 3 is 2.79 bits per heavy atom. The summed E-state index contributed by atoms with van der Waals surface area (Å²) in [6.07, 6.45) is 0.845. The minimum absolute atomic E-state index is 0.0746. The molecule has 2 aliphatic heterocycles. The van der Waals surface area contributed by atoms with E-state index in [1.165, 1.54) is 12.1 Å². The van der Waals surface area contributed by atoms with E-state index in [-0.39, 0.29) is 49.5 Å². The molecule has 2 heterocycles. The Morgan fingerprint density at radius 1 is 1.15 bits per heavy atom. The number of halogens is 2. The molecule has 2 aliphatic rings. The van der Waals surface area contributed by atoms with Crippen molar-refractivity contribution in [3.05, 3.63) is 70.5 Å². The van der Waals surface area contributed by atoms with Gasteiger partial charge in [0.2, 0.25) is 5.91 Å². The minimum Gasteiger partial charge on any atom is -0.389 e. The van der Waals surface area contributed by atoms with E-state index in [2.05, 4.69) is 10.2 Å². The first-order chi connectivity index (χ1) is 16.0. The van der Waals surface area contributed by atoms with Crippen molar-refractivity contribution in [1.29, 1.82) is 0 Å². The molecule has 33 heavy (non-hydrogen) atoms. The molecule has 4 atom stereocenters. The number of ether oxygens (including phenoxy) is 2. The Hall–Kier alpha value is -2.03. The van der Waals surface area contributed by atoms with Gasteiger partial charge in [0.05, 0.1) is 37.9 Å². The van der Waals surface area contributed by atoms with Crippen LogP contribution in [0.4, 0.5) is 4.39 Å². The molecule has 6 nitrogen and oxygen atoms in total. The third-order valence-corrected chi connectivity index (χ3v) is 6.39. The second-order valence-electron chi connectivity index (χ2n) is 8.80. The van der Waals surface area contributed by atoms with E-state index in [9.17, 15) is 14.3 Å². The maximum Gasteiger partial charge on any atom is 0.222 e. The molecule has 0 radical (unpaired) electrons. The number of benzene rings is 2. The van der Waals surface area contributed by atoms with E-state index in [0.717, 1.165) is 24.0 Å². The van der Waals surface area contributed by atoms with Crippen LogP contribution in [0.1, 0.15) is 30.4 Å². The van der Waals surface area contributed by atoms with Gasteiger partial charge in [-0.15, -0.1) is 0 Å². The molecule has 4 rings (SSSR count). The standard InChI is InChI=1S/C25H30ClFN2O4/c26-19-5-1-4-18(9-19)13-29-14-21(30)15-32-16-24-23(29)8-7-22(33-24)11-25(31)28-12-17-3-2-6-20(27)10-17/h1-6,9-10,21-24,30H,7-8,11-16H2,(H,28,31)/t21-,22-,23+,24-/m1/s1. The molecule has 0 unspecified atom stereocenters. The zero-order valence-electron chi connectivity index (χ0n) is 18.5. The number of hydrogen-bond donors (Lipinski definition) is 2. The first kappa shape index (κ1) is 24.1. The van der Waals surface area contributed by atoms with Gasteiger partial charge in [-0.25, -0.2) is 4.39 Å². The molecule has 0 aromatic heterocycles. The van der Waals surface area contributed by atoms with Gasteiger partial charge in [0.15, 0.2) is 0 Å². The largest absolute Gasteiger partial charge is 0.389 e. The second kappa shape index (κ2) is 11.4. The molecule has 0 aliphatic carbocycles. The average molecular weight is 477 g/mol. The maximum absolute atomic E-state index is 13.3. The van der Waals surface area contributed by atoms with Crippen LogP contribution in [0.3, 0.4) is 0 Å². The monoisotopic (exact) mass is 476 g/mol. The van der Waals surface area contributed by atoms with Crippen LogP contribution >= 0.6 is 11.6 Å². The van der Waals surface area contributed by atoms with Crippen LogP contribution < -0.4 is 5.32 Å². The average Bonchev–Trinajstić information content (AvgIpc) is 2.77. The predicted octanol–water partition coefficient (Wildman–Crippen LogP) is 3.29. The molecular weight excluding hydrogens is 447 g/mol. The number of nitrogens with one attached hydrogen (secondary N) is 1. The van der Waals surface area contributed by atoms with Gasteiger partial charge < -0.3 is 19.9 Å². The fraction of sp³-hybridized carbons (Fsp3) is 0.480. The van der Waals surface area contributed by atoms with E-state index < -0.39 is 6.10 Å². The summed E-state index contributed by atoms with van der Waals surface area (Å²) in [7, 11) is 0. The Bertz CT molecular complexity index is 946. The highest BCUT2D eigenvalue weighted by Crippen LogP contribution is 2.29. The van der Waals surface area contributed by atoms with E-state index in [1.54, 1.807) is 12.1 Å². The summed E-state index contributed by atoms with van der Waals surface area (Å²) >= 11 is 6.16. The molecule has 2 aromatic rings. The number of carbonyl (C=O) groups is 1. The number of amides is 1. The summed E-state index contributed by atoms with van der Waals surface area (Å²) in [5, 5.41) is 13.9. The normalized spacial score (nSPS) is 26.2. The van der Waals surface area contributed by atoms with Crippen molar-refractivity contribution in [2.75, 3.05) is 19.8 Å². The van der Waals surface area contributed by atoms with Crippen LogP contribution in [-0.4, -0.2) is 60.0 Å². The molecule has 8 heteroatoms. The lowest BCUT2D eigenvalue weighted by atomic mass is 9.94. The number of aliphatic hydroxyl groups is 1. The van der Waals surface area contributed by atoms with Crippen molar-refractivity contribution >= 4 is 17.5 Å². The van der Waals surface area contributed by atoms with Crippen molar-refractivity contribution in [3.8, 4) is 0 Å². The third kappa shape index (κ3) is 6.98. The SMILES string of the molecule is O=C(C[C@H]1CC[C@H]2[C@@H](COC[C@H](O)CN2Cc2cccc(Cl)c2)O1)NCc1cccc(F)c1. The third-order valence-electron chi connectivity index (χ3n) is 6.15. The Labute approximate surface area is 198 Å². The van der Waals surface area contributed by atoms with E-state index >= 15 is 0 Å². The molecule has 0 spiro atoms.